The number of unbranched alkanes of at least 4 members (excludes halogenated alkanes) is 1. The number of nitrogens with zero attached hydrogens (tertiary/aromatic N) is 1. The van der Waals surface area contributed by atoms with E-state index in [4.69, 9.17) is 21.1 Å². The summed E-state index contributed by atoms with van der Waals surface area (Å²) >= 11 is 5.87. The van der Waals surface area contributed by atoms with Gasteiger partial charge >= 0.3 is 5.97 Å². The number of benzene rings is 1. The maximum absolute atomic E-state index is 12.2. The Kier molecular flexibility index (Phi) is 9.08. The second-order valence-electron chi connectivity index (χ2n) is 6.37. The quantitative estimate of drug-likeness (QED) is 0.338. The van der Waals surface area contributed by atoms with Crippen molar-refractivity contribution in [1.82, 2.24) is 10.3 Å². The number of hydrogen-bond donors (Lipinski definition) is 2. The van der Waals surface area contributed by atoms with E-state index in [-0.39, 0.29) is 11.7 Å². The first-order chi connectivity index (χ1) is 14.4. The van der Waals surface area contributed by atoms with Crippen molar-refractivity contribution in [3.8, 4) is 5.75 Å². The molecule has 9 heteroatoms. The predicted octanol–water partition coefficient (Wildman–Crippen LogP) is 3.21. The van der Waals surface area contributed by atoms with Crippen LogP contribution in [0.4, 0.5) is 5.69 Å². The summed E-state index contributed by atoms with van der Waals surface area (Å²) in [5.74, 6) is -1.08. The second-order valence-corrected chi connectivity index (χ2v) is 6.73. The molecule has 1 heterocycles. The molecule has 1 unspecified atom stereocenters. The summed E-state index contributed by atoms with van der Waals surface area (Å²) in [4.78, 5) is 40.1. The number of aromatic nitrogens is 1. The zero-order valence-corrected chi connectivity index (χ0v) is 17.6. The van der Waals surface area contributed by atoms with Crippen molar-refractivity contribution in [2.24, 2.45) is 0 Å². The number of rotatable bonds is 10. The molecule has 0 fully saturated rings. The lowest BCUT2D eigenvalue weighted by molar-refractivity contribution is -0.152. The number of carbonyl (C=O) groups is 3. The van der Waals surface area contributed by atoms with E-state index in [1.54, 1.807) is 36.4 Å². The van der Waals surface area contributed by atoms with E-state index < -0.39 is 23.9 Å². The normalized spacial score (nSPS) is 11.3. The number of hydrogen-bond acceptors (Lipinski definition) is 6. The van der Waals surface area contributed by atoms with Gasteiger partial charge in [0.05, 0.1) is 12.3 Å². The van der Waals surface area contributed by atoms with Crippen molar-refractivity contribution in [1.29, 1.82) is 0 Å². The van der Waals surface area contributed by atoms with Crippen LogP contribution in [0.25, 0.3) is 0 Å². The molecule has 160 valence electrons. The fourth-order valence-electron chi connectivity index (χ4n) is 2.30. The molecule has 0 aliphatic heterocycles. The average Bonchev–Trinajstić information content (AvgIpc) is 2.74. The molecule has 2 aromatic rings. The number of esters is 1. The number of ether oxygens (including phenoxy) is 2. The van der Waals surface area contributed by atoms with Gasteiger partial charge in [-0.2, -0.15) is 0 Å². The van der Waals surface area contributed by atoms with Gasteiger partial charge in [-0.05, 0) is 49.7 Å². The molecule has 0 bridgehead atoms. The fraction of sp³-hybridized carbons (Fsp3) is 0.333. The minimum absolute atomic E-state index is 0.124. The Balaban J connectivity index is 1.77. The summed E-state index contributed by atoms with van der Waals surface area (Å²) in [5, 5.41) is 5.10. The topological polar surface area (TPSA) is 107 Å². The van der Waals surface area contributed by atoms with Crippen molar-refractivity contribution < 1.29 is 23.9 Å². The largest absolute Gasteiger partial charge is 0.494 e. The van der Waals surface area contributed by atoms with Crippen molar-refractivity contribution in [3.63, 3.8) is 0 Å². The van der Waals surface area contributed by atoms with Crippen LogP contribution in [0.5, 0.6) is 5.75 Å². The number of amides is 2. The second kappa shape index (κ2) is 11.8. The summed E-state index contributed by atoms with van der Waals surface area (Å²) in [5.41, 5.74) is 0.685. The van der Waals surface area contributed by atoms with Crippen LogP contribution in [0.2, 0.25) is 5.15 Å². The zero-order valence-electron chi connectivity index (χ0n) is 16.8. The Morgan fingerprint density at radius 1 is 1.17 bits per heavy atom. The van der Waals surface area contributed by atoms with Gasteiger partial charge in [0, 0.05) is 11.8 Å². The van der Waals surface area contributed by atoms with Gasteiger partial charge < -0.3 is 20.1 Å². The molecule has 0 aliphatic carbocycles. The van der Waals surface area contributed by atoms with Crippen molar-refractivity contribution in [2.75, 3.05) is 18.5 Å². The molecule has 8 nitrogen and oxygen atoms in total. The third kappa shape index (κ3) is 7.36. The highest BCUT2D eigenvalue weighted by molar-refractivity contribution is 6.32. The fourth-order valence-corrected chi connectivity index (χ4v) is 2.46. The lowest BCUT2D eigenvalue weighted by Crippen LogP contribution is -2.35. The predicted molar refractivity (Wildman–Crippen MR) is 113 cm³/mol. The third-order valence-electron chi connectivity index (χ3n) is 3.97. The van der Waals surface area contributed by atoms with Crippen LogP contribution in [-0.2, 0) is 14.3 Å². The molecule has 0 spiro atoms. The van der Waals surface area contributed by atoms with Crippen LogP contribution < -0.4 is 15.4 Å². The molecule has 30 heavy (non-hydrogen) atoms. The van der Waals surface area contributed by atoms with E-state index in [9.17, 15) is 14.4 Å². The molecule has 2 rings (SSSR count). The Morgan fingerprint density at radius 2 is 1.90 bits per heavy atom. The molecule has 1 aromatic carbocycles. The lowest BCUT2D eigenvalue weighted by Gasteiger charge is -2.14. The molecule has 0 radical (unpaired) electrons. The third-order valence-corrected chi connectivity index (χ3v) is 4.27. The van der Waals surface area contributed by atoms with Crippen LogP contribution in [-0.4, -0.2) is 42.0 Å². The van der Waals surface area contributed by atoms with Gasteiger partial charge in [-0.15, -0.1) is 0 Å². The van der Waals surface area contributed by atoms with Gasteiger partial charge in [-0.1, -0.05) is 24.9 Å². The van der Waals surface area contributed by atoms with E-state index in [1.807, 2.05) is 0 Å². The zero-order chi connectivity index (χ0) is 21.9. The van der Waals surface area contributed by atoms with Gasteiger partial charge in [-0.25, -0.2) is 4.98 Å². The SMILES string of the molecule is CCCCOc1ccc(C(=O)NCC(=O)OC(C)C(=O)Nc2cccnc2Cl)cc1. The number of carbonyl (C=O) groups excluding carboxylic acids is 3. The molecule has 2 amide bonds. The molecule has 1 aromatic heterocycles. The summed E-state index contributed by atoms with van der Waals surface area (Å²) in [6, 6.07) is 9.78. The molecular formula is C21H24ClN3O5. The molecule has 1 atom stereocenters. The summed E-state index contributed by atoms with van der Waals surface area (Å²) < 4.78 is 10.6. The minimum Gasteiger partial charge on any atom is -0.494 e. The number of anilines is 1. The van der Waals surface area contributed by atoms with Gasteiger partial charge in [-0.3, -0.25) is 14.4 Å². The Labute approximate surface area is 179 Å². The number of nitrogens with one attached hydrogen (secondary N) is 2. The standard InChI is InChI=1S/C21H24ClN3O5/c1-3-4-12-29-16-9-7-15(8-10-16)21(28)24-13-18(26)30-14(2)20(27)25-17-6-5-11-23-19(17)22/h5-11,14H,3-4,12-13H2,1-2H3,(H,24,28)(H,25,27). The highest BCUT2D eigenvalue weighted by atomic mass is 35.5. The van der Waals surface area contributed by atoms with Crippen molar-refractivity contribution in [2.45, 2.75) is 32.8 Å². The van der Waals surface area contributed by atoms with Crippen LogP contribution in [0.15, 0.2) is 42.6 Å². The van der Waals surface area contributed by atoms with Gasteiger partial charge in [0.1, 0.15) is 12.3 Å². The maximum Gasteiger partial charge on any atom is 0.326 e. The number of pyridine rings is 1. The lowest BCUT2D eigenvalue weighted by atomic mass is 10.2. The maximum atomic E-state index is 12.2. The van der Waals surface area contributed by atoms with Crippen LogP contribution in [0.3, 0.4) is 0 Å². The van der Waals surface area contributed by atoms with E-state index >= 15 is 0 Å². The van der Waals surface area contributed by atoms with E-state index in [0.29, 0.717) is 23.6 Å². The van der Waals surface area contributed by atoms with Gasteiger partial charge in [0.2, 0.25) is 0 Å². The smallest absolute Gasteiger partial charge is 0.326 e. The van der Waals surface area contributed by atoms with Crippen molar-refractivity contribution >= 4 is 35.1 Å². The molecular weight excluding hydrogens is 410 g/mol. The highest BCUT2D eigenvalue weighted by Gasteiger charge is 2.19. The highest BCUT2D eigenvalue weighted by Crippen LogP contribution is 2.17. The van der Waals surface area contributed by atoms with Crippen LogP contribution in [0, 0.1) is 0 Å². The molecule has 0 aliphatic rings. The summed E-state index contributed by atoms with van der Waals surface area (Å²) in [6.07, 6.45) is 2.40. The van der Waals surface area contributed by atoms with Crippen LogP contribution in [0.1, 0.15) is 37.0 Å². The van der Waals surface area contributed by atoms with Crippen molar-refractivity contribution in [3.05, 3.63) is 53.3 Å². The molecule has 2 N–H and O–H groups in total. The first kappa shape index (κ1) is 23.2. The van der Waals surface area contributed by atoms with Gasteiger partial charge in [0.15, 0.2) is 11.3 Å². The molecule has 0 saturated carbocycles. The van der Waals surface area contributed by atoms with Crippen LogP contribution >= 0.6 is 11.6 Å². The Morgan fingerprint density at radius 3 is 2.57 bits per heavy atom. The molecule has 0 saturated heterocycles. The van der Waals surface area contributed by atoms with E-state index in [0.717, 1.165) is 12.8 Å². The monoisotopic (exact) mass is 433 g/mol. The summed E-state index contributed by atoms with van der Waals surface area (Å²) in [7, 11) is 0. The van der Waals surface area contributed by atoms with E-state index in [2.05, 4.69) is 22.5 Å². The summed E-state index contributed by atoms with van der Waals surface area (Å²) in [6.45, 7) is 3.73. The first-order valence-electron chi connectivity index (χ1n) is 9.52. The van der Waals surface area contributed by atoms with E-state index in [1.165, 1.54) is 13.1 Å². The average molecular weight is 434 g/mol. The van der Waals surface area contributed by atoms with Gasteiger partial charge in [0.25, 0.3) is 11.8 Å². The first-order valence-corrected chi connectivity index (χ1v) is 9.90. The Bertz CT molecular complexity index is 873. The number of halogens is 1. The minimum atomic E-state index is -1.08. The Hall–Kier alpha value is -3.13.